The Balaban J connectivity index is 1.17. The van der Waals surface area contributed by atoms with Gasteiger partial charge < -0.3 is 81.6 Å². The molecule has 96 heavy (non-hydrogen) atoms. The molecule has 0 radical (unpaired) electrons. The largest absolute Gasteiger partial charge is 0.477 e. The van der Waals surface area contributed by atoms with E-state index in [2.05, 4.69) is 53.2 Å². The van der Waals surface area contributed by atoms with Crippen LogP contribution in [0.1, 0.15) is 66.0 Å². The number of anilines is 2. The number of carboxylic acid groups (broad SMARTS) is 2. The number of benzene rings is 2. The standard InChI is InChI=1S/C71H96N8O17/c1-85-34-38-93-46-42-89-30-25-78(26-31-90-43-47-94-39-35-86-2)66-16-12-58(13-17-66)8-10-60-50-64(73-68(52-60)70(81)82)56-75-20-21-76(24-29-80)54-62-6-5-7-63(72-62)55-77(23-22-75)57-65-51-61(53-69(74-65)71(83)84)11-9-59-14-18-67(19-15-59)79(27-32-91-44-48-95-40-36-87-3)28-33-92-45-49-96-41-37-88-4/h5-7,12-19,29,50-53H,20-28,30-49,54-57H2,1-4H3,(H,81,82)(H,83,84). The van der Waals surface area contributed by atoms with E-state index in [4.69, 9.17) is 61.8 Å². The molecule has 25 heteroatoms. The zero-order chi connectivity index (χ0) is 68.1. The summed E-state index contributed by atoms with van der Waals surface area (Å²) >= 11 is 0. The van der Waals surface area contributed by atoms with Gasteiger partial charge in [0.2, 0.25) is 0 Å². The second-order valence-corrected chi connectivity index (χ2v) is 22.0. The average Bonchev–Trinajstić information content (AvgIpc) is 1.33. The van der Waals surface area contributed by atoms with Gasteiger partial charge in [0.05, 0.1) is 161 Å². The first kappa shape index (κ1) is 77.6. The van der Waals surface area contributed by atoms with Gasteiger partial charge in [-0.05, 0) is 84.9 Å². The minimum absolute atomic E-state index is 0.143. The van der Waals surface area contributed by atoms with Crippen LogP contribution in [0.15, 0.2) is 91.0 Å². The molecule has 0 aliphatic carbocycles. The van der Waals surface area contributed by atoms with Crippen LogP contribution in [0.2, 0.25) is 0 Å². The van der Waals surface area contributed by atoms with Gasteiger partial charge in [-0.15, -0.1) is 0 Å². The highest BCUT2D eigenvalue weighted by molar-refractivity contribution is 5.86. The van der Waals surface area contributed by atoms with Crippen LogP contribution in [0.5, 0.6) is 0 Å². The highest BCUT2D eigenvalue weighted by Gasteiger charge is 2.20. The number of fused-ring (bicyclic) bond motifs is 2. The number of pyridine rings is 3. The van der Waals surface area contributed by atoms with Crippen molar-refractivity contribution in [2.75, 3.05) is 229 Å². The minimum atomic E-state index is -1.19. The fourth-order valence-corrected chi connectivity index (χ4v) is 9.81. The van der Waals surface area contributed by atoms with E-state index in [1.54, 1.807) is 28.4 Å². The number of carbonyl (C=O) groups is 3. The number of nitrogens with zero attached hydrogens (tertiary/aromatic N) is 8. The van der Waals surface area contributed by atoms with Crippen molar-refractivity contribution >= 4 is 29.6 Å². The van der Waals surface area contributed by atoms with Gasteiger partial charge in [-0.3, -0.25) is 19.7 Å². The number of aromatic nitrogens is 3. The topological polar surface area (TPSA) is 257 Å². The summed E-state index contributed by atoms with van der Waals surface area (Å²) in [5, 5.41) is 20.7. The zero-order valence-electron chi connectivity index (χ0n) is 56.2. The second-order valence-electron chi connectivity index (χ2n) is 22.0. The lowest BCUT2D eigenvalue weighted by atomic mass is 10.1. The van der Waals surface area contributed by atoms with E-state index >= 15 is 0 Å². The molecule has 1 aliphatic heterocycles. The van der Waals surface area contributed by atoms with E-state index in [1.165, 1.54) is 12.1 Å². The van der Waals surface area contributed by atoms with Crippen LogP contribution in [0, 0.1) is 23.7 Å². The summed E-state index contributed by atoms with van der Waals surface area (Å²) in [4.78, 5) is 62.2. The Bertz CT molecular complexity index is 3100. The fourth-order valence-electron chi connectivity index (χ4n) is 9.81. The number of methoxy groups -OCH3 is 4. The molecular weight excluding hydrogens is 1240 g/mol. The van der Waals surface area contributed by atoms with E-state index in [1.807, 2.05) is 83.8 Å². The summed E-state index contributed by atoms with van der Waals surface area (Å²) in [5.41, 5.74) is 6.59. The molecule has 2 N–H and O–H groups in total. The van der Waals surface area contributed by atoms with Gasteiger partial charge in [0.1, 0.15) is 17.7 Å². The van der Waals surface area contributed by atoms with Crippen molar-refractivity contribution in [3.63, 3.8) is 0 Å². The molecule has 0 saturated carbocycles. The summed E-state index contributed by atoms with van der Waals surface area (Å²) in [6.45, 7) is 15.5. The summed E-state index contributed by atoms with van der Waals surface area (Å²) in [6.07, 6.45) is 0.878. The summed E-state index contributed by atoms with van der Waals surface area (Å²) < 4.78 is 65.9. The Hall–Kier alpha value is -7.38. The van der Waals surface area contributed by atoms with Crippen LogP contribution >= 0.6 is 0 Å². The van der Waals surface area contributed by atoms with E-state index in [0.29, 0.717) is 220 Å². The monoisotopic (exact) mass is 1330 g/mol. The number of rotatable bonds is 46. The van der Waals surface area contributed by atoms with Crippen LogP contribution < -0.4 is 9.80 Å². The predicted octanol–water partition coefficient (Wildman–Crippen LogP) is 4.92. The predicted molar refractivity (Wildman–Crippen MR) is 361 cm³/mol. The number of ether oxygens (including phenoxy) is 12. The third-order valence-corrected chi connectivity index (χ3v) is 14.8. The quantitative estimate of drug-likeness (QED) is 0.0298. The van der Waals surface area contributed by atoms with Gasteiger partial charge >= 0.3 is 11.9 Å². The number of carbonyl (C=O) groups excluding carboxylic acids is 1. The van der Waals surface area contributed by atoms with E-state index in [-0.39, 0.29) is 31.0 Å². The first-order valence-electron chi connectivity index (χ1n) is 32.4. The summed E-state index contributed by atoms with van der Waals surface area (Å²) in [5.74, 6) is 10.5. The molecule has 2 aromatic carbocycles. The van der Waals surface area contributed by atoms with Gasteiger partial charge in [0.15, 0.2) is 0 Å². The molecule has 0 fully saturated rings. The Morgan fingerprint density at radius 3 is 1.10 bits per heavy atom. The fraction of sp³-hybridized carbons (Fsp3) is 0.521. The average molecular weight is 1330 g/mol. The molecule has 6 rings (SSSR count). The minimum Gasteiger partial charge on any atom is -0.477 e. The number of hydrogen-bond donors (Lipinski definition) is 2. The van der Waals surface area contributed by atoms with Crippen molar-refractivity contribution < 1.29 is 81.4 Å². The first-order chi connectivity index (χ1) is 47.0. The molecule has 2 bridgehead atoms. The van der Waals surface area contributed by atoms with Crippen LogP contribution in [0.3, 0.4) is 0 Å². The van der Waals surface area contributed by atoms with E-state index in [0.717, 1.165) is 40.2 Å². The molecule has 25 nitrogen and oxygen atoms in total. The lowest BCUT2D eigenvalue weighted by molar-refractivity contribution is -0.109. The molecule has 0 saturated heterocycles. The number of aromatic carboxylic acids is 2. The van der Waals surface area contributed by atoms with Gasteiger partial charge in [0, 0.05) is 141 Å². The maximum Gasteiger partial charge on any atom is 0.354 e. The highest BCUT2D eigenvalue weighted by Crippen LogP contribution is 2.20. The third kappa shape index (κ3) is 31.7. The van der Waals surface area contributed by atoms with E-state index < -0.39 is 11.9 Å². The third-order valence-electron chi connectivity index (χ3n) is 14.8. The van der Waals surface area contributed by atoms with Crippen molar-refractivity contribution in [1.82, 2.24) is 29.7 Å². The van der Waals surface area contributed by atoms with Gasteiger partial charge in [-0.2, -0.15) is 0 Å². The molecule has 3 aromatic heterocycles. The summed E-state index contributed by atoms with van der Waals surface area (Å²) in [7, 11) is 6.53. The zero-order valence-corrected chi connectivity index (χ0v) is 56.2. The molecule has 0 amide bonds. The Morgan fingerprint density at radius 2 is 0.740 bits per heavy atom. The SMILES string of the molecule is COCCOCCOCCN(CCOCCOCCOC)c1ccc(C#Cc2cc(CN3CCN(CC=O)Cc4cccc(n4)CN(Cc4cc(C#Cc5ccc(N(CCOCCOCCOC)CCOCCOCCOC)cc5)cc(C(=O)O)n4)CC3)nc(C(=O)O)c2)cc1. The van der Waals surface area contributed by atoms with Crippen LogP contribution in [0.4, 0.5) is 11.4 Å². The molecule has 0 atom stereocenters. The van der Waals surface area contributed by atoms with Gasteiger partial charge in [-0.1, -0.05) is 29.7 Å². The molecule has 0 spiro atoms. The van der Waals surface area contributed by atoms with Crippen molar-refractivity contribution in [2.45, 2.75) is 26.2 Å². The molecule has 5 aromatic rings. The van der Waals surface area contributed by atoms with Crippen LogP contribution in [-0.4, -0.2) is 278 Å². The first-order valence-corrected chi connectivity index (χ1v) is 32.4. The highest BCUT2D eigenvalue weighted by atomic mass is 16.6. The molecule has 522 valence electrons. The number of aldehydes is 1. The molecule has 1 aliphatic rings. The van der Waals surface area contributed by atoms with E-state index in [9.17, 15) is 24.6 Å². The number of carboxylic acids is 2. The van der Waals surface area contributed by atoms with Crippen LogP contribution in [-0.2, 0) is 87.8 Å². The van der Waals surface area contributed by atoms with Crippen molar-refractivity contribution in [3.05, 3.63) is 147 Å². The van der Waals surface area contributed by atoms with Crippen molar-refractivity contribution in [2.24, 2.45) is 0 Å². The lowest BCUT2D eigenvalue weighted by Crippen LogP contribution is -2.40. The van der Waals surface area contributed by atoms with Crippen molar-refractivity contribution in [1.29, 1.82) is 0 Å². The summed E-state index contributed by atoms with van der Waals surface area (Å²) in [6, 6.07) is 28.0. The van der Waals surface area contributed by atoms with Gasteiger partial charge in [-0.25, -0.2) is 19.6 Å². The van der Waals surface area contributed by atoms with Crippen LogP contribution in [0.25, 0.3) is 0 Å². The smallest absolute Gasteiger partial charge is 0.354 e. The Kier molecular flexibility index (Phi) is 38.4. The Labute approximate surface area is 565 Å². The molecule has 0 unspecified atom stereocenters. The van der Waals surface area contributed by atoms with Crippen molar-refractivity contribution in [3.8, 4) is 23.7 Å². The second kappa shape index (κ2) is 47.5. The Morgan fingerprint density at radius 1 is 0.417 bits per heavy atom. The van der Waals surface area contributed by atoms with Gasteiger partial charge in [0.25, 0.3) is 0 Å². The normalized spacial score (nSPS) is 13.0. The number of hydrogen-bond acceptors (Lipinski definition) is 23. The maximum atomic E-state index is 12.7. The molecular formula is C71H96N8O17. The lowest BCUT2D eigenvalue weighted by Gasteiger charge is -2.30. The maximum absolute atomic E-state index is 12.7. The molecule has 4 heterocycles.